The van der Waals surface area contributed by atoms with Gasteiger partial charge in [0.05, 0.1) is 39.9 Å². The highest BCUT2D eigenvalue weighted by atomic mass is 31.2. The third kappa shape index (κ3) is 44.5. The molecule has 0 spiro atoms. The third-order valence-electron chi connectivity index (χ3n) is 11.0. The summed E-state index contributed by atoms with van der Waals surface area (Å²) in [6, 6.07) is -0.909. The molecule has 3 unspecified atom stereocenters. The van der Waals surface area contributed by atoms with Crippen LogP contribution in [-0.2, 0) is 18.4 Å². The Bertz CT molecular complexity index is 1120. The number of amides is 1. The molecule has 2 N–H and O–H groups in total. The van der Waals surface area contributed by atoms with Gasteiger partial charge < -0.3 is 28.8 Å². The molecule has 0 saturated carbocycles. The van der Waals surface area contributed by atoms with Gasteiger partial charge in [-0.05, 0) is 64.2 Å². The molecule has 60 heavy (non-hydrogen) atoms. The van der Waals surface area contributed by atoms with Crippen molar-refractivity contribution in [3.63, 3.8) is 0 Å². The van der Waals surface area contributed by atoms with Gasteiger partial charge in [-0.3, -0.25) is 9.36 Å². The van der Waals surface area contributed by atoms with Crippen molar-refractivity contribution in [2.75, 3.05) is 40.9 Å². The Morgan fingerprint density at radius 1 is 0.567 bits per heavy atom. The minimum absolute atomic E-state index is 0.0101. The van der Waals surface area contributed by atoms with Gasteiger partial charge in [-0.25, -0.2) is 0 Å². The van der Waals surface area contributed by atoms with Crippen molar-refractivity contribution in [1.82, 2.24) is 5.32 Å². The van der Waals surface area contributed by atoms with Crippen LogP contribution in [0.1, 0.15) is 219 Å². The first-order valence-electron chi connectivity index (χ1n) is 25.0. The van der Waals surface area contributed by atoms with E-state index in [1.807, 2.05) is 27.2 Å². The molecule has 9 heteroatoms. The van der Waals surface area contributed by atoms with Crippen LogP contribution in [0.15, 0.2) is 48.6 Å². The van der Waals surface area contributed by atoms with Crippen LogP contribution < -0.4 is 10.2 Å². The zero-order valence-electron chi connectivity index (χ0n) is 39.9. The maximum absolute atomic E-state index is 12.9. The number of rotatable bonds is 45. The van der Waals surface area contributed by atoms with Crippen molar-refractivity contribution >= 4 is 13.7 Å². The molecular weight excluding hydrogens is 768 g/mol. The average Bonchev–Trinajstić information content (AvgIpc) is 3.20. The van der Waals surface area contributed by atoms with Crippen molar-refractivity contribution in [2.45, 2.75) is 231 Å². The van der Waals surface area contributed by atoms with E-state index in [2.05, 4.69) is 55.6 Å². The third-order valence-corrected chi connectivity index (χ3v) is 12.0. The zero-order chi connectivity index (χ0) is 44.3. The summed E-state index contributed by atoms with van der Waals surface area (Å²) >= 11 is 0. The van der Waals surface area contributed by atoms with E-state index >= 15 is 0 Å². The van der Waals surface area contributed by atoms with Crippen LogP contribution in [0.3, 0.4) is 0 Å². The summed E-state index contributed by atoms with van der Waals surface area (Å²) in [4.78, 5) is 25.3. The van der Waals surface area contributed by atoms with Crippen LogP contribution in [-0.4, -0.2) is 68.5 Å². The fourth-order valence-electron chi connectivity index (χ4n) is 6.99. The Labute approximate surface area is 371 Å². The Morgan fingerprint density at radius 2 is 0.950 bits per heavy atom. The number of allylic oxidation sites excluding steroid dienone is 7. The number of carbonyl (C=O) groups excluding carboxylic acids is 1. The van der Waals surface area contributed by atoms with Gasteiger partial charge in [0.25, 0.3) is 7.82 Å². The number of hydrogen-bond donors (Lipinski definition) is 2. The molecule has 0 rings (SSSR count). The van der Waals surface area contributed by atoms with Crippen LogP contribution in [0.2, 0.25) is 0 Å². The Morgan fingerprint density at radius 3 is 1.40 bits per heavy atom. The van der Waals surface area contributed by atoms with Gasteiger partial charge >= 0.3 is 0 Å². The lowest BCUT2D eigenvalue weighted by Gasteiger charge is -2.29. The van der Waals surface area contributed by atoms with Gasteiger partial charge in [0, 0.05) is 6.42 Å². The molecular formula is C51H97N2O6P. The molecule has 0 aliphatic carbocycles. The predicted molar refractivity (Wildman–Crippen MR) is 256 cm³/mol. The maximum atomic E-state index is 12.9. The number of phosphoric ester groups is 1. The van der Waals surface area contributed by atoms with Crippen molar-refractivity contribution < 1.29 is 32.9 Å². The molecule has 0 aliphatic rings. The molecule has 0 heterocycles. The van der Waals surface area contributed by atoms with Crippen molar-refractivity contribution in [1.29, 1.82) is 0 Å². The number of nitrogens with one attached hydrogen (secondary N) is 1. The largest absolute Gasteiger partial charge is 0.756 e. The molecule has 0 aromatic heterocycles. The van der Waals surface area contributed by atoms with Gasteiger partial charge in [-0.2, -0.15) is 0 Å². The molecule has 0 bridgehead atoms. The summed E-state index contributed by atoms with van der Waals surface area (Å²) in [5.74, 6) is -0.214. The first-order valence-corrected chi connectivity index (χ1v) is 26.5. The van der Waals surface area contributed by atoms with E-state index in [0.29, 0.717) is 17.4 Å². The quantitative estimate of drug-likeness (QED) is 0.0273. The molecule has 0 aliphatic heterocycles. The molecule has 352 valence electrons. The lowest BCUT2D eigenvalue weighted by Crippen LogP contribution is -2.45. The van der Waals surface area contributed by atoms with E-state index in [9.17, 15) is 19.4 Å². The van der Waals surface area contributed by atoms with Crippen LogP contribution in [0.5, 0.6) is 0 Å². The van der Waals surface area contributed by atoms with E-state index in [1.165, 1.54) is 148 Å². The summed E-state index contributed by atoms with van der Waals surface area (Å²) in [6.45, 7) is 4.57. The van der Waals surface area contributed by atoms with E-state index in [1.54, 1.807) is 6.08 Å². The Balaban J connectivity index is 4.20. The summed E-state index contributed by atoms with van der Waals surface area (Å²) < 4.78 is 23.2. The van der Waals surface area contributed by atoms with Gasteiger partial charge in [-0.15, -0.1) is 0 Å². The highest BCUT2D eigenvalue weighted by molar-refractivity contribution is 7.45. The van der Waals surface area contributed by atoms with Crippen molar-refractivity contribution in [3.05, 3.63) is 48.6 Å². The van der Waals surface area contributed by atoms with Gasteiger partial charge in [0.15, 0.2) is 0 Å². The molecule has 0 fully saturated rings. The van der Waals surface area contributed by atoms with Gasteiger partial charge in [-0.1, -0.05) is 197 Å². The summed E-state index contributed by atoms with van der Waals surface area (Å²) in [6.07, 6.45) is 54.7. The smallest absolute Gasteiger partial charge is 0.268 e. The Hall–Kier alpha value is -1.54. The second-order valence-corrected chi connectivity index (χ2v) is 19.6. The lowest BCUT2D eigenvalue weighted by atomic mass is 10.0. The number of nitrogens with zero attached hydrogens (tertiary/aromatic N) is 1. The minimum Gasteiger partial charge on any atom is -0.756 e. The fraction of sp³-hybridized carbons (Fsp3) is 0.824. The minimum atomic E-state index is -4.60. The van der Waals surface area contributed by atoms with Crippen LogP contribution in [0.4, 0.5) is 0 Å². The average molecular weight is 865 g/mol. The van der Waals surface area contributed by atoms with Gasteiger partial charge in [0.1, 0.15) is 13.2 Å². The summed E-state index contributed by atoms with van der Waals surface area (Å²) in [5.41, 5.74) is 0. The van der Waals surface area contributed by atoms with E-state index in [4.69, 9.17) is 9.05 Å². The molecule has 0 aromatic carbocycles. The highest BCUT2D eigenvalue weighted by Crippen LogP contribution is 2.38. The number of hydrogen-bond acceptors (Lipinski definition) is 6. The molecule has 0 saturated heterocycles. The first kappa shape index (κ1) is 58.5. The normalized spacial score (nSPS) is 14.6. The fourth-order valence-corrected chi connectivity index (χ4v) is 7.71. The topological polar surface area (TPSA) is 108 Å². The molecule has 0 aromatic rings. The molecule has 8 nitrogen and oxygen atoms in total. The number of aliphatic hydroxyl groups is 1. The van der Waals surface area contributed by atoms with Crippen LogP contribution in [0.25, 0.3) is 0 Å². The summed E-state index contributed by atoms with van der Waals surface area (Å²) in [7, 11) is 1.23. The van der Waals surface area contributed by atoms with Crippen molar-refractivity contribution in [3.8, 4) is 0 Å². The summed E-state index contributed by atoms with van der Waals surface area (Å²) in [5, 5.41) is 13.7. The second kappa shape index (κ2) is 42.7. The SMILES string of the molecule is CCCC/C=C/CC/C=C/CC/C=C/C(O)C(COP(=O)([O-])OCC[N+](C)(C)C)NC(=O)CCCCCCCCCCCC/C=C\CCCCCCCCCCCCCC. The number of carbonyl (C=O) groups is 1. The Kier molecular flexibility index (Phi) is 41.6. The number of unbranched alkanes of at least 4 members (excludes halogenated alkanes) is 26. The molecule has 3 atom stereocenters. The zero-order valence-corrected chi connectivity index (χ0v) is 40.8. The number of quaternary nitrogens is 1. The number of likely N-dealkylation sites (N-methyl/N-ethyl adjacent to an activating group) is 1. The molecule has 0 radical (unpaired) electrons. The molecule has 1 amide bonds. The highest BCUT2D eigenvalue weighted by Gasteiger charge is 2.23. The van der Waals surface area contributed by atoms with Crippen LogP contribution in [0, 0.1) is 0 Å². The standard InChI is InChI=1S/C51H97N2O6P/c1-6-8-10-12-14-16-18-20-21-22-23-24-25-26-27-28-29-30-31-32-33-35-37-39-41-43-45-51(55)52-49(48-59-60(56,57)58-47-46-53(3,4)5)50(54)44-42-40-38-36-34-19-17-15-13-11-9-7-2/h13,15,26-27,34,36,42,44,49-50,54H,6-12,14,16-25,28-33,35,37-41,43,45-48H2,1-5H3,(H-,52,55,56,57)/b15-13+,27-26-,36-34+,44-42+. The van der Waals surface area contributed by atoms with Gasteiger partial charge in [0.2, 0.25) is 5.91 Å². The first-order chi connectivity index (χ1) is 29.0. The maximum Gasteiger partial charge on any atom is 0.268 e. The predicted octanol–water partition coefficient (Wildman–Crippen LogP) is 13.8. The van der Waals surface area contributed by atoms with Crippen LogP contribution >= 0.6 is 7.82 Å². The second-order valence-electron chi connectivity index (χ2n) is 18.1. The number of aliphatic hydroxyl groups excluding tert-OH is 1. The number of phosphoric acid groups is 1. The van der Waals surface area contributed by atoms with E-state index in [-0.39, 0.29) is 12.5 Å². The lowest BCUT2D eigenvalue weighted by molar-refractivity contribution is -0.870. The van der Waals surface area contributed by atoms with E-state index in [0.717, 1.165) is 51.4 Å². The monoisotopic (exact) mass is 865 g/mol. The van der Waals surface area contributed by atoms with Crippen molar-refractivity contribution in [2.24, 2.45) is 0 Å². The van der Waals surface area contributed by atoms with E-state index < -0.39 is 26.6 Å².